The number of para-hydroxylation sites is 1. The molecule has 0 unspecified atom stereocenters. The van der Waals surface area contributed by atoms with Crippen LogP contribution in [0.4, 0.5) is 0 Å². The van der Waals surface area contributed by atoms with E-state index in [-0.39, 0.29) is 12.4 Å². The molecule has 0 aliphatic rings. The molecule has 5 heteroatoms. The number of nitrogens with one attached hydrogen (secondary N) is 1. The van der Waals surface area contributed by atoms with Crippen LogP contribution in [0.1, 0.15) is 21.6 Å². The Balaban J connectivity index is 1.64. The zero-order valence-corrected chi connectivity index (χ0v) is 14.6. The van der Waals surface area contributed by atoms with E-state index in [2.05, 4.69) is 4.98 Å². The lowest BCUT2D eigenvalue weighted by Crippen LogP contribution is -2.13. The lowest BCUT2D eigenvalue weighted by molar-refractivity contribution is -0.136. The van der Waals surface area contributed by atoms with Gasteiger partial charge in [0, 0.05) is 28.2 Å². The third kappa shape index (κ3) is 3.83. The minimum absolute atomic E-state index is 0.233. The number of aryl methyl sites for hydroxylation is 1. The average molecular weight is 349 g/mol. The van der Waals surface area contributed by atoms with E-state index in [9.17, 15) is 9.59 Å². The minimum atomic E-state index is -0.571. The number of fused-ring (bicyclic) bond motifs is 1. The van der Waals surface area contributed by atoms with E-state index in [1.165, 1.54) is 6.08 Å². The van der Waals surface area contributed by atoms with Crippen molar-refractivity contribution in [1.82, 2.24) is 4.98 Å². The quantitative estimate of drug-likeness (QED) is 0.416. The van der Waals surface area contributed by atoms with Crippen LogP contribution < -0.4 is 4.74 Å². The van der Waals surface area contributed by atoms with Gasteiger partial charge in [-0.05, 0) is 36.8 Å². The highest BCUT2D eigenvalue weighted by molar-refractivity contribution is 6.10. The first-order chi connectivity index (χ1) is 12.6. The highest BCUT2D eigenvalue weighted by Gasteiger charge is 2.16. The van der Waals surface area contributed by atoms with Crippen molar-refractivity contribution in [3.63, 3.8) is 0 Å². The first-order valence-electron chi connectivity index (χ1n) is 8.18. The van der Waals surface area contributed by atoms with Gasteiger partial charge < -0.3 is 14.5 Å². The minimum Gasteiger partial charge on any atom is -0.497 e. The summed E-state index contributed by atoms with van der Waals surface area (Å²) in [5.74, 6) is -0.104. The van der Waals surface area contributed by atoms with Crippen molar-refractivity contribution in [1.29, 1.82) is 0 Å². The fourth-order valence-electron chi connectivity index (χ4n) is 2.80. The largest absolute Gasteiger partial charge is 0.497 e. The summed E-state index contributed by atoms with van der Waals surface area (Å²) < 4.78 is 10.2. The summed E-state index contributed by atoms with van der Waals surface area (Å²) >= 11 is 0. The molecule has 0 atom stereocenters. The van der Waals surface area contributed by atoms with E-state index in [0.717, 1.165) is 22.2 Å². The van der Waals surface area contributed by atoms with Crippen LogP contribution in [0.2, 0.25) is 0 Å². The number of methoxy groups -OCH3 is 1. The molecule has 1 heterocycles. The van der Waals surface area contributed by atoms with Crippen molar-refractivity contribution in [3.05, 3.63) is 71.4 Å². The Labute approximate surface area is 151 Å². The number of esters is 1. The Kier molecular flexibility index (Phi) is 5.17. The second kappa shape index (κ2) is 7.70. The van der Waals surface area contributed by atoms with Crippen LogP contribution >= 0.6 is 0 Å². The summed E-state index contributed by atoms with van der Waals surface area (Å²) in [7, 11) is 1.58. The number of carbonyl (C=O) groups excluding carboxylic acids is 2. The lowest BCUT2D eigenvalue weighted by Gasteiger charge is -2.03. The summed E-state index contributed by atoms with van der Waals surface area (Å²) in [6.45, 7) is 1.53. The third-order valence-corrected chi connectivity index (χ3v) is 4.02. The van der Waals surface area contributed by atoms with Gasteiger partial charge in [-0.25, -0.2) is 4.79 Å². The van der Waals surface area contributed by atoms with E-state index in [1.54, 1.807) is 19.3 Å². The molecule has 3 rings (SSSR count). The van der Waals surface area contributed by atoms with Gasteiger partial charge in [-0.1, -0.05) is 30.3 Å². The Hall–Kier alpha value is -3.34. The molecule has 26 heavy (non-hydrogen) atoms. The first-order valence-corrected chi connectivity index (χ1v) is 8.18. The molecule has 0 saturated carbocycles. The van der Waals surface area contributed by atoms with E-state index in [1.807, 2.05) is 49.4 Å². The van der Waals surface area contributed by atoms with Gasteiger partial charge in [-0.3, -0.25) is 4.79 Å². The second-order valence-electron chi connectivity index (χ2n) is 5.81. The van der Waals surface area contributed by atoms with Crippen LogP contribution in [-0.4, -0.2) is 30.5 Å². The van der Waals surface area contributed by atoms with E-state index >= 15 is 0 Å². The molecule has 0 amide bonds. The molecule has 5 nitrogen and oxygen atoms in total. The highest BCUT2D eigenvalue weighted by atomic mass is 16.5. The predicted octanol–water partition coefficient (Wildman–Crippen LogP) is 3.92. The van der Waals surface area contributed by atoms with Crippen molar-refractivity contribution < 1.29 is 19.1 Å². The van der Waals surface area contributed by atoms with Crippen molar-refractivity contribution in [2.75, 3.05) is 13.7 Å². The number of Topliss-reactive ketones (excluding diaryl/α,β-unsaturated/α-hetero) is 1. The van der Waals surface area contributed by atoms with Crippen molar-refractivity contribution >= 4 is 28.7 Å². The zero-order valence-electron chi connectivity index (χ0n) is 14.6. The summed E-state index contributed by atoms with van der Waals surface area (Å²) in [6.07, 6.45) is 2.91. The number of hydrogen-bond donors (Lipinski definition) is 1. The standard InChI is InChI=1S/C21H19NO4/c1-14-21(17-8-3-4-9-18(17)22-14)19(23)13-26-20(24)11-10-15-6-5-7-16(12-15)25-2/h3-12,22H,13H2,1-2H3/b11-10+. The number of rotatable bonds is 6. The summed E-state index contributed by atoms with van der Waals surface area (Å²) in [5, 5.41) is 0.831. The maximum absolute atomic E-state index is 12.5. The lowest BCUT2D eigenvalue weighted by atomic mass is 10.1. The summed E-state index contributed by atoms with van der Waals surface area (Å²) in [6, 6.07) is 14.8. The monoisotopic (exact) mass is 349 g/mol. The Morgan fingerprint density at radius 2 is 1.92 bits per heavy atom. The van der Waals surface area contributed by atoms with E-state index in [4.69, 9.17) is 9.47 Å². The van der Waals surface area contributed by atoms with Gasteiger partial charge in [0.25, 0.3) is 0 Å². The van der Waals surface area contributed by atoms with Crippen LogP contribution in [0, 0.1) is 6.92 Å². The van der Waals surface area contributed by atoms with Gasteiger partial charge in [0.2, 0.25) is 5.78 Å². The van der Waals surface area contributed by atoms with Gasteiger partial charge in [-0.15, -0.1) is 0 Å². The second-order valence-corrected chi connectivity index (χ2v) is 5.81. The van der Waals surface area contributed by atoms with Crippen LogP contribution in [0.3, 0.4) is 0 Å². The molecule has 0 fully saturated rings. The maximum Gasteiger partial charge on any atom is 0.331 e. The number of hydrogen-bond acceptors (Lipinski definition) is 4. The Morgan fingerprint density at radius 3 is 2.73 bits per heavy atom. The molecule has 0 saturated heterocycles. The Bertz CT molecular complexity index is 985. The highest BCUT2D eigenvalue weighted by Crippen LogP contribution is 2.22. The molecule has 0 radical (unpaired) electrons. The van der Waals surface area contributed by atoms with Gasteiger partial charge in [0.05, 0.1) is 7.11 Å². The molecule has 0 bridgehead atoms. The molecule has 0 aliphatic carbocycles. The number of aromatic amines is 1. The Morgan fingerprint density at radius 1 is 1.12 bits per heavy atom. The van der Waals surface area contributed by atoms with E-state index < -0.39 is 5.97 Å². The third-order valence-electron chi connectivity index (χ3n) is 4.02. The van der Waals surface area contributed by atoms with Gasteiger partial charge in [-0.2, -0.15) is 0 Å². The van der Waals surface area contributed by atoms with Crippen LogP contribution in [0.25, 0.3) is 17.0 Å². The zero-order chi connectivity index (χ0) is 18.5. The smallest absolute Gasteiger partial charge is 0.331 e. The normalized spacial score (nSPS) is 11.0. The van der Waals surface area contributed by atoms with Crippen molar-refractivity contribution in [2.24, 2.45) is 0 Å². The number of aromatic nitrogens is 1. The summed E-state index contributed by atoms with van der Waals surface area (Å²) in [4.78, 5) is 27.5. The van der Waals surface area contributed by atoms with E-state index in [0.29, 0.717) is 11.3 Å². The van der Waals surface area contributed by atoms with Gasteiger partial charge in [0.1, 0.15) is 5.75 Å². The molecule has 0 spiro atoms. The number of carbonyl (C=O) groups is 2. The molecule has 1 N–H and O–H groups in total. The average Bonchev–Trinajstić information content (AvgIpc) is 3.00. The molecule has 132 valence electrons. The predicted molar refractivity (Wildman–Crippen MR) is 100 cm³/mol. The molecular weight excluding hydrogens is 330 g/mol. The number of ketones is 1. The topological polar surface area (TPSA) is 68.4 Å². The molecule has 1 aromatic heterocycles. The first kappa shape index (κ1) is 17.5. The van der Waals surface area contributed by atoms with Gasteiger partial charge >= 0.3 is 5.97 Å². The van der Waals surface area contributed by atoms with Gasteiger partial charge in [0.15, 0.2) is 6.61 Å². The maximum atomic E-state index is 12.5. The number of H-pyrrole nitrogens is 1. The fraction of sp³-hybridized carbons (Fsp3) is 0.143. The van der Waals surface area contributed by atoms with Crippen LogP contribution in [0.5, 0.6) is 5.75 Å². The molecule has 2 aromatic carbocycles. The number of ether oxygens (including phenoxy) is 2. The molecule has 0 aliphatic heterocycles. The SMILES string of the molecule is COc1cccc(/C=C/C(=O)OCC(=O)c2c(C)[nH]c3ccccc23)c1. The molecule has 3 aromatic rings. The van der Waals surface area contributed by atoms with Crippen LogP contribution in [0.15, 0.2) is 54.6 Å². The van der Waals surface area contributed by atoms with Crippen LogP contribution in [-0.2, 0) is 9.53 Å². The fourth-order valence-corrected chi connectivity index (χ4v) is 2.80. The van der Waals surface area contributed by atoms with Crippen molar-refractivity contribution in [3.8, 4) is 5.75 Å². The number of benzene rings is 2. The van der Waals surface area contributed by atoms with Crippen molar-refractivity contribution in [2.45, 2.75) is 6.92 Å². The molecular formula is C21H19NO4. The summed E-state index contributed by atoms with van der Waals surface area (Å²) in [5.41, 5.74) is 3.02.